The van der Waals surface area contributed by atoms with Gasteiger partial charge in [0.25, 0.3) is 0 Å². The monoisotopic (exact) mass is 492 g/mol. The highest BCUT2D eigenvalue weighted by atomic mass is 127. The molecule has 0 aliphatic rings. The van der Waals surface area contributed by atoms with E-state index >= 15 is 0 Å². The molecule has 2 heterocycles. The average Bonchev–Trinajstić information content (AvgIpc) is 3.16. The van der Waals surface area contributed by atoms with Gasteiger partial charge in [0.1, 0.15) is 0 Å². The van der Waals surface area contributed by atoms with E-state index in [0.29, 0.717) is 6.04 Å². The number of nitrogens with one attached hydrogen (secondary N) is 2. The maximum Gasteiger partial charge on any atom is 0.191 e. The van der Waals surface area contributed by atoms with Crippen LogP contribution >= 0.6 is 46.7 Å². The van der Waals surface area contributed by atoms with Crippen LogP contribution in [0.4, 0.5) is 0 Å². The van der Waals surface area contributed by atoms with Gasteiger partial charge in [-0.25, -0.2) is 4.98 Å². The summed E-state index contributed by atoms with van der Waals surface area (Å²) in [5, 5.41) is 8.01. The molecule has 0 saturated heterocycles. The summed E-state index contributed by atoms with van der Waals surface area (Å²) >= 11 is 3.66. The minimum absolute atomic E-state index is 0. The molecule has 0 spiro atoms. The zero-order valence-corrected chi connectivity index (χ0v) is 19.4. The fourth-order valence-corrected chi connectivity index (χ4v) is 4.26. The highest BCUT2D eigenvalue weighted by Crippen LogP contribution is 2.16. The van der Waals surface area contributed by atoms with E-state index in [-0.39, 0.29) is 24.0 Å². The van der Waals surface area contributed by atoms with Crippen molar-refractivity contribution >= 4 is 52.6 Å². The summed E-state index contributed by atoms with van der Waals surface area (Å²) in [6, 6.07) is 4.76. The second kappa shape index (κ2) is 11.9. The van der Waals surface area contributed by atoms with Crippen LogP contribution < -0.4 is 10.6 Å². The summed E-state index contributed by atoms with van der Waals surface area (Å²) in [5.74, 6) is 0.894. The lowest BCUT2D eigenvalue weighted by Gasteiger charge is -2.17. The summed E-state index contributed by atoms with van der Waals surface area (Å²) in [7, 11) is 0. The molecule has 1 atom stereocenters. The first kappa shape index (κ1) is 22.4. The summed E-state index contributed by atoms with van der Waals surface area (Å²) in [4.78, 5) is 13.3. The molecule has 25 heavy (non-hydrogen) atoms. The van der Waals surface area contributed by atoms with Gasteiger partial charge in [-0.1, -0.05) is 6.92 Å². The number of thiophene rings is 1. The molecule has 1 unspecified atom stereocenters. The molecule has 2 N–H and O–H groups in total. The minimum Gasteiger partial charge on any atom is -0.357 e. The van der Waals surface area contributed by atoms with Crippen LogP contribution in [0, 0.1) is 6.92 Å². The van der Waals surface area contributed by atoms with E-state index in [1.54, 1.807) is 11.3 Å². The Morgan fingerprint density at radius 2 is 2.04 bits per heavy atom. The van der Waals surface area contributed by atoms with Gasteiger partial charge in [0.05, 0.1) is 5.01 Å². The van der Waals surface area contributed by atoms with E-state index in [4.69, 9.17) is 4.99 Å². The Hall–Kier alpha value is -0.670. The number of aryl methyl sites for hydroxylation is 2. The van der Waals surface area contributed by atoms with E-state index in [1.807, 2.05) is 17.5 Å². The molecule has 0 fully saturated rings. The molecule has 7 heteroatoms. The summed E-state index contributed by atoms with van der Waals surface area (Å²) < 4.78 is 0. The summed E-state index contributed by atoms with van der Waals surface area (Å²) in [6.45, 7) is 10.2. The summed E-state index contributed by atoms with van der Waals surface area (Å²) in [5.41, 5.74) is 0. The third-order valence-electron chi connectivity index (χ3n) is 3.58. The molecule has 2 rings (SSSR count). The van der Waals surface area contributed by atoms with Crippen LogP contribution in [0.3, 0.4) is 0 Å². The first-order valence-electron chi connectivity index (χ1n) is 8.64. The molecule has 4 nitrogen and oxygen atoms in total. The van der Waals surface area contributed by atoms with Crippen LogP contribution in [-0.4, -0.2) is 30.1 Å². The first-order chi connectivity index (χ1) is 11.6. The van der Waals surface area contributed by atoms with Crippen molar-refractivity contribution in [3.63, 3.8) is 0 Å². The Morgan fingerprint density at radius 1 is 1.24 bits per heavy atom. The Morgan fingerprint density at radius 3 is 2.64 bits per heavy atom. The largest absolute Gasteiger partial charge is 0.357 e. The van der Waals surface area contributed by atoms with Crippen LogP contribution in [0.15, 0.2) is 23.3 Å². The maximum atomic E-state index is 4.70. The normalized spacial score (nSPS) is 12.6. The summed E-state index contributed by atoms with van der Waals surface area (Å²) in [6.07, 6.45) is 4.97. The number of halogens is 1. The van der Waals surface area contributed by atoms with Crippen molar-refractivity contribution in [3.05, 3.63) is 38.0 Å². The lowest BCUT2D eigenvalue weighted by molar-refractivity contribution is 0.645. The van der Waals surface area contributed by atoms with E-state index in [9.17, 15) is 0 Å². The first-order valence-corrected chi connectivity index (χ1v) is 10.3. The van der Waals surface area contributed by atoms with Crippen molar-refractivity contribution in [3.8, 4) is 0 Å². The van der Waals surface area contributed by atoms with Gasteiger partial charge in [-0.2, -0.15) is 0 Å². The quantitative estimate of drug-likeness (QED) is 0.326. The number of rotatable bonds is 8. The van der Waals surface area contributed by atoms with Crippen molar-refractivity contribution in [2.24, 2.45) is 4.99 Å². The van der Waals surface area contributed by atoms with Gasteiger partial charge in [0.2, 0.25) is 0 Å². The zero-order chi connectivity index (χ0) is 17.4. The molecule has 0 saturated carbocycles. The highest BCUT2D eigenvalue weighted by Gasteiger charge is 2.08. The van der Waals surface area contributed by atoms with Crippen molar-refractivity contribution in [2.75, 3.05) is 13.1 Å². The molecule has 0 radical (unpaired) electrons. The van der Waals surface area contributed by atoms with Crippen molar-refractivity contribution in [2.45, 2.75) is 53.0 Å². The minimum atomic E-state index is 0. The number of hydrogen-bond acceptors (Lipinski definition) is 4. The molecule has 2 aromatic heterocycles. The van der Waals surface area contributed by atoms with Crippen LogP contribution in [-0.2, 0) is 19.3 Å². The van der Waals surface area contributed by atoms with Gasteiger partial charge in [-0.15, -0.1) is 46.7 Å². The Labute approximate surface area is 176 Å². The van der Waals surface area contributed by atoms with Crippen molar-refractivity contribution in [1.29, 1.82) is 0 Å². The highest BCUT2D eigenvalue weighted by molar-refractivity contribution is 14.0. The molecule has 0 aromatic carbocycles. The zero-order valence-electron chi connectivity index (χ0n) is 15.5. The predicted molar refractivity (Wildman–Crippen MR) is 122 cm³/mol. The topological polar surface area (TPSA) is 49.3 Å². The predicted octanol–water partition coefficient (Wildman–Crippen LogP) is 4.42. The Balaban J connectivity index is 0.00000312. The molecule has 0 amide bonds. The van der Waals surface area contributed by atoms with Gasteiger partial charge in [0, 0.05) is 52.8 Å². The van der Waals surface area contributed by atoms with Gasteiger partial charge in [-0.3, -0.25) is 4.99 Å². The fraction of sp³-hybridized carbons (Fsp3) is 0.556. The lowest BCUT2D eigenvalue weighted by Crippen LogP contribution is -2.43. The van der Waals surface area contributed by atoms with Crippen LogP contribution in [0.25, 0.3) is 0 Å². The van der Waals surface area contributed by atoms with E-state index < -0.39 is 0 Å². The molecule has 0 aliphatic heterocycles. The fourth-order valence-electron chi connectivity index (χ4n) is 2.39. The third-order valence-corrected chi connectivity index (χ3v) is 5.80. The molecule has 140 valence electrons. The van der Waals surface area contributed by atoms with E-state index in [0.717, 1.165) is 38.3 Å². The Kier molecular flexibility index (Phi) is 10.6. The van der Waals surface area contributed by atoms with Crippen LogP contribution in [0.5, 0.6) is 0 Å². The lowest BCUT2D eigenvalue weighted by atomic mass is 10.2. The third kappa shape index (κ3) is 8.04. The number of nitrogens with zero attached hydrogens (tertiary/aromatic N) is 2. The molecule has 0 aliphatic carbocycles. The number of hydrogen-bond donors (Lipinski definition) is 2. The molecular formula is C18H29IN4S2. The number of aliphatic imine (C=N–C) groups is 1. The van der Waals surface area contributed by atoms with E-state index in [1.165, 1.54) is 19.6 Å². The molecule has 2 aromatic rings. The SMILES string of the molecule is CCNC(=NCCc1ncc(CC)s1)NC(C)Cc1ccc(C)s1.I. The molecular weight excluding hydrogens is 463 g/mol. The van der Waals surface area contributed by atoms with Gasteiger partial charge < -0.3 is 10.6 Å². The molecule has 0 bridgehead atoms. The number of thiazole rings is 1. The second-order valence-electron chi connectivity index (χ2n) is 5.85. The maximum absolute atomic E-state index is 4.70. The van der Waals surface area contributed by atoms with Gasteiger partial charge in [0.15, 0.2) is 5.96 Å². The van der Waals surface area contributed by atoms with E-state index in [2.05, 4.69) is 55.4 Å². The average molecular weight is 492 g/mol. The standard InChI is InChI=1S/C18H28N4S2.HI/c1-5-15-12-21-17(24-15)9-10-20-18(19-6-2)22-13(3)11-16-8-7-14(4)23-16;/h7-8,12-13H,5-6,9-11H2,1-4H3,(H2,19,20,22);1H. The van der Waals surface area contributed by atoms with Gasteiger partial charge in [-0.05, 0) is 39.3 Å². The smallest absolute Gasteiger partial charge is 0.191 e. The Bertz CT molecular complexity index is 651. The van der Waals surface area contributed by atoms with Crippen molar-refractivity contribution in [1.82, 2.24) is 15.6 Å². The van der Waals surface area contributed by atoms with Crippen LogP contribution in [0.1, 0.15) is 40.4 Å². The van der Waals surface area contributed by atoms with Gasteiger partial charge >= 0.3 is 0 Å². The second-order valence-corrected chi connectivity index (χ2v) is 8.42. The van der Waals surface area contributed by atoms with Crippen molar-refractivity contribution < 1.29 is 0 Å². The van der Waals surface area contributed by atoms with Crippen LogP contribution in [0.2, 0.25) is 0 Å². The number of guanidine groups is 1. The number of aromatic nitrogens is 1.